The minimum Gasteiger partial charge on any atom is -0.457 e. The second-order valence-electron chi connectivity index (χ2n) is 7.36. The number of carbonyl (C=O) groups excluding carboxylic acids is 1. The lowest BCUT2D eigenvalue weighted by atomic mass is 10.1. The Labute approximate surface area is 197 Å². The number of amides is 1. The maximum atomic E-state index is 13.3. The fourth-order valence-corrected chi connectivity index (χ4v) is 3.60. The summed E-state index contributed by atoms with van der Waals surface area (Å²) < 4.78 is 5.96. The van der Waals surface area contributed by atoms with Crippen molar-refractivity contribution in [3.8, 4) is 11.5 Å². The fourth-order valence-electron chi connectivity index (χ4n) is 3.34. The highest BCUT2D eigenvalue weighted by Gasteiger charge is 2.17. The van der Waals surface area contributed by atoms with Crippen molar-refractivity contribution < 1.29 is 9.53 Å². The van der Waals surface area contributed by atoms with E-state index < -0.39 is 0 Å². The summed E-state index contributed by atoms with van der Waals surface area (Å²) in [6, 6.07) is 31.9. The van der Waals surface area contributed by atoms with Crippen molar-refractivity contribution in [1.82, 2.24) is 4.90 Å². The lowest BCUT2D eigenvalue weighted by molar-refractivity contribution is 0.0730. The monoisotopic (exact) mass is 461 g/mol. The molecule has 0 radical (unpaired) electrons. The zero-order valence-electron chi connectivity index (χ0n) is 17.2. The molecule has 0 aliphatic rings. The molecule has 3 nitrogen and oxygen atoms in total. The highest BCUT2D eigenvalue weighted by atomic mass is 35.5. The Balaban J connectivity index is 1.56. The van der Waals surface area contributed by atoms with Gasteiger partial charge in [-0.2, -0.15) is 0 Å². The van der Waals surface area contributed by atoms with Gasteiger partial charge >= 0.3 is 0 Å². The third-order valence-corrected chi connectivity index (χ3v) is 5.42. The molecule has 0 spiro atoms. The Morgan fingerprint density at radius 1 is 0.656 bits per heavy atom. The molecule has 0 aromatic heterocycles. The highest BCUT2D eigenvalue weighted by molar-refractivity contribution is 6.30. The first-order valence-electron chi connectivity index (χ1n) is 10.2. The van der Waals surface area contributed by atoms with Gasteiger partial charge in [-0.25, -0.2) is 0 Å². The number of benzene rings is 4. The largest absolute Gasteiger partial charge is 0.457 e. The van der Waals surface area contributed by atoms with Gasteiger partial charge in [0.1, 0.15) is 11.5 Å². The second-order valence-corrected chi connectivity index (χ2v) is 8.23. The standard InChI is InChI=1S/C27H21Cl2NO2/c28-23-11-9-22(10-12-23)27(31)30(18-20-5-2-1-3-6-20)19-21-7-4-8-26(17-21)32-25-15-13-24(29)14-16-25/h1-17H,18-19H2. The molecule has 0 fully saturated rings. The van der Waals surface area contributed by atoms with Gasteiger partial charge in [-0.1, -0.05) is 65.7 Å². The minimum atomic E-state index is -0.0606. The van der Waals surface area contributed by atoms with Crippen LogP contribution >= 0.6 is 23.2 Å². The van der Waals surface area contributed by atoms with Crippen LogP contribution in [0.2, 0.25) is 10.0 Å². The molecule has 0 heterocycles. The summed E-state index contributed by atoms with van der Waals surface area (Å²) >= 11 is 12.0. The lowest BCUT2D eigenvalue weighted by Crippen LogP contribution is -2.30. The molecule has 5 heteroatoms. The van der Waals surface area contributed by atoms with Crippen molar-refractivity contribution in [1.29, 1.82) is 0 Å². The third kappa shape index (κ3) is 5.91. The molecule has 0 unspecified atom stereocenters. The molecule has 160 valence electrons. The van der Waals surface area contributed by atoms with Crippen molar-refractivity contribution in [2.24, 2.45) is 0 Å². The number of halogens is 2. The number of rotatable bonds is 7. The second kappa shape index (κ2) is 10.4. The van der Waals surface area contributed by atoms with Crippen LogP contribution in [0, 0.1) is 0 Å². The molecule has 0 aliphatic heterocycles. The molecular weight excluding hydrogens is 441 g/mol. The molecule has 0 saturated heterocycles. The quantitative estimate of drug-likeness (QED) is 0.283. The van der Waals surface area contributed by atoms with Crippen molar-refractivity contribution in [2.45, 2.75) is 13.1 Å². The summed E-state index contributed by atoms with van der Waals surface area (Å²) in [5, 5.41) is 1.26. The van der Waals surface area contributed by atoms with Gasteiger partial charge in [-0.15, -0.1) is 0 Å². The minimum absolute atomic E-state index is 0.0606. The third-order valence-electron chi connectivity index (χ3n) is 4.92. The van der Waals surface area contributed by atoms with Gasteiger partial charge in [0.2, 0.25) is 0 Å². The van der Waals surface area contributed by atoms with Gasteiger partial charge in [0.15, 0.2) is 0 Å². The smallest absolute Gasteiger partial charge is 0.254 e. The van der Waals surface area contributed by atoms with Gasteiger partial charge < -0.3 is 9.64 Å². The predicted octanol–water partition coefficient (Wildman–Crippen LogP) is 7.63. The van der Waals surface area contributed by atoms with E-state index in [0.717, 1.165) is 11.1 Å². The zero-order chi connectivity index (χ0) is 22.3. The summed E-state index contributed by atoms with van der Waals surface area (Å²) in [4.78, 5) is 15.1. The van der Waals surface area contributed by atoms with E-state index in [1.165, 1.54) is 0 Å². The first-order valence-corrected chi connectivity index (χ1v) is 10.9. The Kier molecular flexibility index (Phi) is 7.10. The zero-order valence-corrected chi connectivity index (χ0v) is 18.8. The first kappa shape index (κ1) is 21.9. The summed E-state index contributed by atoms with van der Waals surface area (Å²) in [6.07, 6.45) is 0. The van der Waals surface area contributed by atoms with Crippen LogP contribution in [0.1, 0.15) is 21.5 Å². The lowest BCUT2D eigenvalue weighted by Gasteiger charge is -2.23. The average molecular weight is 462 g/mol. The summed E-state index contributed by atoms with van der Waals surface area (Å²) in [6.45, 7) is 0.929. The van der Waals surface area contributed by atoms with E-state index in [1.807, 2.05) is 71.6 Å². The van der Waals surface area contributed by atoms with Crippen LogP contribution in [0.3, 0.4) is 0 Å². The molecule has 4 aromatic rings. The predicted molar refractivity (Wildman–Crippen MR) is 129 cm³/mol. The first-order chi connectivity index (χ1) is 15.6. The molecule has 0 aliphatic carbocycles. The molecule has 0 atom stereocenters. The number of ether oxygens (including phenoxy) is 1. The van der Waals surface area contributed by atoms with Crippen molar-refractivity contribution in [3.05, 3.63) is 130 Å². The van der Waals surface area contributed by atoms with E-state index in [4.69, 9.17) is 27.9 Å². The van der Waals surface area contributed by atoms with E-state index in [9.17, 15) is 4.79 Å². The van der Waals surface area contributed by atoms with E-state index in [1.54, 1.807) is 36.4 Å². The molecule has 0 bridgehead atoms. The van der Waals surface area contributed by atoms with Gasteiger partial charge in [0.05, 0.1) is 0 Å². The van der Waals surface area contributed by atoms with Crippen LogP contribution < -0.4 is 4.74 Å². The molecule has 4 rings (SSSR count). The van der Waals surface area contributed by atoms with E-state index >= 15 is 0 Å². The topological polar surface area (TPSA) is 29.5 Å². The number of carbonyl (C=O) groups is 1. The summed E-state index contributed by atoms with van der Waals surface area (Å²) in [5.74, 6) is 1.34. The van der Waals surface area contributed by atoms with Crippen LogP contribution in [-0.4, -0.2) is 10.8 Å². The number of nitrogens with zero attached hydrogens (tertiary/aromatic N) is 1. The van der Waals surface area contributed by atoms with Crippen LogP contribution in [0.4, 0.5) is 0 Å². The Morgan fingerprint density at radius 3 is 1.94 bits per heavy atom. The summed E-state index contributed by atoms with van der Waals surface area (Å²) in [7, 11) is 0. The van der Waals surface area contributed by atoms with Crippen molar-refractivity contribution >= 4 is 29.1 Å². The van der Waals surface area contributed by atoms with Crippen LogP contribution in [0.15, 0.2) is 103 Å². The normalized spacial score (nSPS) is 10.6. The molecule has 0 N–H and O–H groups in total. The Morgan fingerprint density at radius 2 is 1.25 bits per heavy atom. The highest BCUT2D eigenvalue weighted by Crippen LogP contribution is 2.25. The van der Waals surface area contributed by atoms with Crippen molar-refractivity contribution in [3.63, 3.8) is 0 Å². The molecule has 32 heavy (non-hydrogen) atoms. The maximum absolute atomic E-state index is 13.3. The molecule has 0 saturated carbocycles. The van der Waals surface area contributed by atoms with Crippen LogP contribution in [-0.2, 0) is 13.1 Å². The van der Waals surface area contributed by atoms with Crippen molar-refractivity contribution in [2.75, 3.05) is 0 Å². The van der Waals surface area contributed by atoms with E-state index in [-0.39, 0.29) is 5.91 Å². The average Bonchev–Trinajstić information content (AvgIpc) is 2.81. The van der Waals surface area contributed by atoms with E-state index in [2.05, 4.69) is 0 Å². The van der Waals surface area contributed by atoms with Crippen LogP contribution in [0.25, 0.3) is 0 Å². The van der Waals surface area contributed by atoms with E-state index in [0.29, 0.717) is 40.2 Å². The van der Waals surface area contributed by atoms with Gasteiger partial charge in [-0.05, 0) is 71.8 Å². The maximum Gasteiger partial charge on any atom is 0.254 e. The SMILES string of the molecule is O=C(c1ccc(Cl)cc1)N(Cc1ccccc1)Cc1cccc(Oc2ccc(Cl)cc2)c1. The summed E-state index contributed by atoms with van der Waals surface area (Å²) in [5.41, 5.74) is 2.62. The Hall–Kier alpha value is -3.27. The molecule has 4 aromatic carbocycles. The fraction of sp³-hybridized carbons (Fsp3) is 0.0741. The molecular formula is C27H21Cl2NO2. The number of hydrogen-bond donors (Lipinski definition) is 0. The van der Waals surface area contributed by atoms with Gasteiger partial charge in [0.25, 0.3) is 5.91 Å². The number of hydrogen-bond acceptors (Lipinski definition) is 2. The molecule has 1 amide bonds. The Bertz CT molecular complexity index is 1180. The van der Waals surface area contributed by atoms with Crippen LogP contribution in [0.5, 0.6) is 11.5 Å². The van der Waals surface area contributed by atoms with Gasteiger partial charge in [-0.3, -0.25) is 4.79 Å². The van der Waals surface area contributed by atoms with Gasteiger partial charge in [0, 0.05) is 28.7 Å².